The Morgan fingerprint density at radius 1 is 0.543 bits per heavy atom. The van der Waals surface area contributed by atoms with Crippen LogP contribution >= 0.6 is 0 Å². The van der Waals surface area contributed by atoms with Crippen molar-refractivity contribution in [3.63, 3.8) is 0 Å². The molecular weight excluding hydrogens is 434 g/mol. The van der Waals surface area contributed by atoms with Gasteiger partial charge in [-0.2, -0.15) is 0 Å². The molecule has 3 aromatic carbocycles. The lowest BCUT2D eigenvalue weighted by molar-refractivity contribution is -0.126. The van der Waals surface area contributed by atoms with E-state index in [1.54, 1.807) is 0 Å². The molecule has 0 radical (unpaired) electrons. The number of nitrogens with zero attached hydrogens (tertiary/aromatic N) is 1. The molecule has 1 saturated heterocycles. The summed E-state index contributed by atoms with van der Waals surface area (Å²) in [6.45, 7) is 2.91. The first-order valence-electron chi connectivity index (χ1n) is 12.7. The second-order valence-electron chi connectivity index (χ2n) is 9.06. The summed E-state index contributed by atoms with van der Waals surface area (Å²) in [5.41, 5.74) is 3.18. The fraction of sp³-hybridized carbons (Fsp3) is 0.333. The Kier molecular flexibility index (Phi) is 8.68. The molecule has 5 heteroatoms. The number of benzene rings is 3. The van der Waals surface area contributed by atoms with Crippen molar-refractivity contribution in [1.82, 2.24) is 15.5 Å². The van der Waals surface area contributed by atoms with Gasteiger partial charge in [0.25, 0.3) is 0 Å². The van der Waals surface area contributed by atoms with Crippen molar-refractivity contribution in [2.45, 2.75) is 37.6 Å². The molecule has 1 heterocycles. The maximum absolute atomic E-state index is 12.2. The Morgan fingerprint density at radius 2 is 0.943 bits per heavy atom. The zero-order chi connectivity index (χ0) is 24.3. The van der Waals surface area contributed by atoms with Crippen molar-refractivity contribution in [3.05, 3.63) is 108 Å². The minimum absolute atomic E-state index is 0.0544. The predicted molar refractivity (Wildman–Crippen MR) is 140 cm³/mol. The van der Waals surface area contributed by atoms with Gasteiger partial charge in [0.15, 0.2) is 0 Å². The second-order valence-corrected chi connectivity index (χ2v) is 9.06. The molecule has 1 aliphatic heterocycles. The largest absolute Gasteiger partial charge is 0.356 e. The van der Waals surface area contributed by atoms with E-state index in [0.29, 0.717) is 13.1 Å². The number of carbonyl (C=O) groups is 2. The molecule has 35 heavy (non-hydrogen) atoms. The molecule has 1 aliphatic rings. The molecule has 0 spiro atoms. The normalized spacial score (nSPS) is 17.1. The lowest BCUT2D eigenvalue weighted by Crippen LogP contribution is -2.49. The summed E-state index contributed by atoms with van der Waals surface area (Å²) in [7, 11) is 0. The van der Waals surface area contributed by atoms with Crippen molar-refractivity contribution < 1.29 is 9.59 Å². The Balaban J connectivity index is 1.78. The van der Waals surface area contributed by atoms with Gasteiger partial charge < -0.3 is 10.6 Å². The number of carbonyl (C=O) groups excluding carboxylic acids is 2. The molecule has 0 aromatic heterocycles. The smallest absolute Gasteiger partial charge is 0.220 e. The van der Waals surface area contributed by atoms with E-state index in [0.717, 1.165) is 32.4 Å². The van der Waals surface area contributed by atoms with Gasteiger partial charge >= 0.3 is 0 Å². The maximum atomic E-state index is 12.2. The number of hydrogen-bond donors (Lipinski definition) is 2. The van der Waals surface area contributed by atoms with E-state index in [2.05, 4.69) is 107 Å². The quantitative estimate of drug-likeness (QED) is 0.554. The summed E-state index contributed by atoms with van der Waals surface area (Å²) in [6, 6.07) is 32.1. The van der Waals surface area contributed by atoms with Crippen molar-refractivity contribution in [3.8, 4) is 0 Å². The molecule has 2 amide bonds. The van der Waals surface area contributed by atoms with Crippen LogP contribution in [0.5, 0.6) is 0 Å². The van der Waals surface area contributed by atoms with E-state index in [9.17, 15) is 9.59 Å². The molecule has 0 aliphatic carbocycles. The highest BCUT2D eigenvalue weighted by molar-refractivity contribution is 5.83. The van der Waals surface area contributed by atoms with Crippen LogP contribution in [0.4, 0.5) is 0 Å². The fourth-order valence-corrected chi connectivity index (χ4v) is 5.09. The number of nitrogens with one attached hydrogen (secondary N) is 2. The SMILES string of the molecule is O=C1CCC(=O)NCCCN(C(c2ccccc2)(c2ccccc2)c2ccccc2)CCCCN1. The van der Waals surface area contributed by atoms with Gasteiger partial charge in [-0.05, 0) is 42.5 Å². The summed E-state index contributed by atoms with van der Waals surface area (Å²) in [5, 5.41) is 5.97. The van der Waals surface area contributed by atoms with Crippen molar-refractivity contribution in [1.29, 1.82) is 0 Å². The van der Waals surface area contributed by atoms with Gasteiger partial charge in [0.1, 0.15) is 0 Å². The third kappa shape index (κ3) is 5.98. The Hall–Kier alpha value is -3.44. The first-order chi connectivity index (χ1) is 17.2. The van der Waals surface area contributed by atoms with Crippen LogP contribution in [0.15, 0.2) is 91.0 Å². The van der Waals surface area contributed by atoms with Gasteiger partial charge in [0, 0.05) is 32.5 Å². The van der Waals surface area contributed by atoms with Crippen LogP contribution in [0.3, 0.4) is 0 Å². The summed E-state index contributed by atoms with van der Waals surface area (Å²) in [4.78, 5) is 26.9. The molecule has 1 fully saturated rings. The van der Waals surface area contributed by atoms with E-state index in [1.807, 2.05) is 0 Å². The first kappa shape index (κ1) is 24.7. The molecule has 0 unspecified atom stereocenters. The average Bonchev–Trinajstić information content (AvgIpc) is 2.91. The first-order valence-corrected chi connectivity index (χ1v) is 12.7. The van der Waals surface area contributed by atoms with E-state index in [4.69, 9.17) is 0 Å². The zero-order valence-corrected chi connectivity index (χ0v) is 20.3. The minimum atomic E-state index is -0.478. The molecular formula is C30H35N3O2. The van der Waals surface area contributed by atoms with Crippen LogP contribution in [-0.2, 0) is 15.1 Å². The predicted octanol–water partition coefficient (Wildman–Crippen LogP) is 4.48. The van der Waals surface area contributed by atoms with E-state index < -0.39 is 5.54 Å². The summed E-state index contributed by atoms with van der Waals surface area (Å²) >= 11 is 0. The lowest BCUT2D eigenvalue weighted by atomic mass is 9.75. The van der Waals surface area contributed by atoms with Crippen molar-refractivity contribution in [2.24, 2.45) is 0 Å². The molecule has 2 N–H and O–H groups in total. The van der Waals surface area contributed by atoms with Gasteiger partial charge in [0.2, 0.25) is 11.8 Å². The van der Waals surface area contributed by atoms with E-state index >= 15 is 0 Å². The number of amides is 2. The van der Waals surface area contributed by atoms with Gasteiger partial charge in [-0.25, -0.2) is 0 Å². The standard InChI is InChI=1S/C30H35N3O2/c34-28-19-20-29(35)32-22-12-24-33(23-11-10-21-31-28)30(25-13-4-1-5-14-25,26-15-6-2-7-16-26)27-17-8-3-9-18-27/h1-9,13-18H,10-12,19-24H2,(H,31,34)(H,32,35). The van der Waals surface area contributed by atoms with Gasteiger partial charge in [-0.1, -0.05) is 91.0 Å². The molecule has 5 nitrogen and oxygen atoms in total. The highest BCUT2D eigenvalue weighted by Gasteiger charge is 2.41. The maximum Gasteiger partial charge on any atom is 0.220 e. The Bertz CT molecular complexity index is 974. The number of rotatable bonds is 4. The van der Waals surface area contributed by atoms with Crippen molar-refractivity contribution in [2.75, 3.05) is 26.2 Å². The highest BCUT2D eigenvalue weighted by atomic mass is 16.2. The Labute approximate surface area is 208 Å². The third-order valence-electron chi connectivity index (χ3n) is 6.73. The number of hydrogen-bond acceptors (Lipinski definition) is 3. The van der Waals surface area contributed by atoms with Crippen LogP contribution in [0.25, 0.3) is 0 Å². The zero-order valence-electron chi connectivity index (χ0n) is 20.3. The minimum Gasteiger partial charge on any atom is -0.356 e. The molecule has 0 bridgehead atoms. The highest BCUT2D eigenvalue weighted by Crippen LogP contribution is 2.42. The van der Waals surface area contributed by atoms with Crippen LogP contribution in [0.2, 0.25) is 0 Å². The second kappa shape index (κ2) is 12.3. The average molecular weight is 470 g/mol. The fourth-order valence-electron chi connectivity index (χ4n) is 5.09. The summed E-state index contributed by atoms with van der Waals surface area (Å²) < 4.78 is 0. The summed E-state index contributed by atoms with van der Waals surface area (Å²) in [5.74, 6) is -0.120. The Morgan fingerprint density at radius 3 is 1.40 bits per heavy atom. The molecule has 0 saturated carbocycles. The van der Waals surface area contributed by atoms with Gasteiger partial charge in [-0.3, -0.25) is 14.5 Å². The molecule has 182 valence electrons. The lowest BCUT2D eigenvalue weighted by Gasteiger charge is -2.46. The topological polar surface area (TPSA) is 61.4 Å². The third-order valence-corrected chi connectivity index (χ3v) is 6.73. The monoisotopic (exact) mass is 469 g/mol. The van der Waals surface area contributed by atoms with Crippen LogP contribution in [-0.4, -0.2) is 42.9 Å². The van der Waals surface area contributed by atoms with Crippen LogP contribution in [0, 0.1) is 0 Å². The molecule has 0 atom stereocenters. The van der Waals surface area contributed by atoms with E-state index in [-0.39, 0.29) is 24.7 Å². The van der Waals surface area contributed by atoms with Crippen LogP contribution in [0.1, 0.15) is 48.8 Å². The van der Waals surface area contributed by atoms with Gasteiger partial charge in [0.05, 0.1) is 5.54 Å². The molecule has 3 aromatic rings. The summed E-state index contributed by atoms with van der Waals surface area (Å²) in [6.07, 6.45) is 3.16. The van der Waals surface area contributed by atoms with Crippen LogP contribution < -0.4 is 10.6 Å². The van der Waals surface area contributed by atoms with Crippen molar-refractivity contribution >= 4 is 11.8 Å². The molecule has 4 rings (SSSR count). The van der Waals surface area contributed by atoms with E-state index in [1.165, 1.54) is 16.7 Å². The van der Waals surface area contributed by atoms with Gasteiger partial charge in [-0.15, -0.1) is 0 Å².